The molecule has 19 heavy (non-hydrogen) atoms. The minimum Gasteiger partial charge on any atom is -0.478 e. The largest absolute Gasteiger partial charge is 0.478 e. The minimum absolute atomic E-state index is 0.224. The fraction of sp³-hybridized carbons (Fsp3) is 0.214. The van der Waals surface area contributed by atoms with E-state index < -0.39 is 16.8 Å². The second kappa shape index (κ2) is 6.12. The van der Waals surface area contributed by atoms with Crippen LogP contribution >= 0.6 is 11.3 Å². The number of aromatic carboxylic acids is 1. The number of thiophene rings is 1. The number of hydrogen-bond acceptors (Lipinski definition) is 3. The molecule has 5 heteroatoms. The van der Waals surface area contributed by atoms with Crippen LogP contribution in [-0.4, -0.2) is 21.0 Å². The molecule has 1 aromatic heterocycles. The Hall–Kier alpha value is -1.46. The average molecular weight is 294 g/mol. The number of benzene rings is 1. The zero-order chi connectivity index (χ0) is 13.8. The first-order valence-electron chi connectivity index (χ1n) is 5.81. The molecule has 100 valence electrons. The molecule has 0 spiro atoms. The first-order valence-corrected chi connectivity index (χ1v) is 8.07. The third kappa shape index (κ3) is 3.52. The number of hydrogen-bond donors (Lipinski definition) is 1. The van der Waals surface area contributed by atoms with Crippen molar-refractivity contribution >= 4 is 28.1 Å². The molecule has 0 amide bonds. The van der Waals surface area contributed by atoms with Crippen LogP contribution in [0.15, 0.2) is 39.9 Å². The summed E-state index contributed by atoms with van der Waals surface area (Å²) >= 11 is 1.62. The van der Waals surface area contributed by atoms with Gasteiger partial charge in [0.1, 0.15) is 0 Å². The summed E-state index contributed by atoms with van der Waals surface area (Å²) in [5.41, 5.74) is 2.08. The highest BCUT2D eigenvalue weighted by atomic mass is 32.2. The van der Waals surface area contributed by atoms with Gasteiger partial charge in [-0.15, -0.1) is 0 Å². The third-order valence-electron chi connectivity index (χ3n) is 2.86. The van der Waals surface area contributed by atoms with Crippen molar-refractivity contribution in [3.63, 3.8) is 0 Å². The molecule has 3 nitrogen and oxygen atoms in total. The van der Waals surface area contributed by atoms with Crippen LogP contribution in [0.5, 0.6) is 0 Å². The lowest BCUT2D eigenvalue weighted by Crippen LogP contribution is -2.05. The summed E-state index contributed by atoms with van der Waals surface area (Å²) in [7, 11) is -1.16. The maximum absolute atomic E-state index is 12.1. The Morgan fingerprint density at radius 1 is 1.37 bits per heavy atom. The van der Waals surface area contributed by atoms with Crippen LogP contribution < -0.4 is 0 Å². The summed E-state index contributed by atoms with van der Waals surface area (Å²) in [5.74, 6) is -0.465. The zero-order valence-corrected chi connectivity index (χ0v) is 12.1. The first kappa shape index (κ1) is 14.0. The van der Waals surface area contributed by atoms with Crippen molar-refractivity contribution < 1.29 is 14.1 Å². The molecule has 1 aromatic carbocycles. The molecule has 0 fully saturated rings. The van der Waals surface area contributed by atoms with Gasteiger partial charge in [0.2, 0.25) is 0 Å². The van der Waals surface area contributed by atoms with Crippen LogP contribution in [0.3, 0.4) is 0 Å². The van der Waals surface area contributed by atoms with Crippen LogP contribution in [0.2, 0.25) is 0 Å². The molecular weight excluding hydrogens is 280 g/mol. The van der Waals surface area contributed by atoms with Gasteiger partial charge in [-0.05, 0) is 53.4 Å². The van der Waals surface area contributed by atoms with Gasteiger partial charge in [-0.25, -0.2) is 4.79 Å². The SMILES string of the molecule is Cc1ccc(S(=O)CCc2ccsc2)cc1C(=O)O. The lowest BCUT2D eigenvalue weighted by Gasteiger charge is -2.05. The van der Waals surface area contributed by atoms with Crippen molar-refractivity contribution in [2.75, 3.05) is 5.75 Å². The summed E-state index contributed by atoms with van der Waals surface area (Å²) in [5, 5.41) is 13.1. The van der Waals surface area contributed by atoms with E-state index in [1.54, 1.807) is 30.4 Å². The molecule has 0 radical (unpaired) electrons. The highest BCUT2D eigenvalue weighted by Gasteiger charge is 2.11. The number of rotatable bonds is 5. The zero-order valence-electron chi connectivity index (χ0n) is 10.5. The number of carbonyl (C=O) groups is 1. The van der Waals surface area contributed by atoms with Crippen LogP contribution in [0.4, 0.5) is 0 Å². The quantitative estimate of drug-likeness (QED) is 0.922. The predicted octanol–water partition coefficient (Wildman–Crippen LogP) is 3.11. The van der Waals surface area contributed by atoms with E-state index in [0.29, 0.717) is 16.2 Å². The molecule has 0 aliphatic rings. The van der Waals surface area contributed by atoms with Crippen molar-refractivity contribution in [1.29, 1.82) is 0 Å². The summed E-state index contributed by atoms with van der Waals surface area (Å²) < 4.78 is 12.1. The molecule has 0 saturated carbocycles. The van der Waals surface area contributed by atoms with E-state index in [1.165, 1.54) is 11.6 Å². The molecule has 2 aromatic rings. The fourth-order valence-corrected chi connectivity index (χ4v) is 3.57. The van der Waals surface area contributed by atoms with Crippen molar-refractivity contribution in [3.05, 3.63) is 51.7 Å². The molecule has 2 rings (SSSR count). The van der Waals surface area contributed by atoms with E-state index in [2.05, 4.69) is 0 Å². The Bertz CT molecular complexity index is 603. The van der Waals surface area contributed by atoms with Gasteiger partial charge < -0.3 is 5.11 Å². The number of carboxylic acids is 1. The Morgan fingerprint density at radius 3 is 2.79 bits per heavy atom. The number of carboxylic acid groups (broad SMARTS) is 1. The van der Waals surface area contributed by atoms with Gasteiger partial charge in [0.05, 0.1) is 16.4 Å². The molecule has 1 heterocycles. The molecule has 1 atom stereocenters. The topological polar surface area (TPSA) is 54.4 Å². The Kier molecular flexibility index (Phi) is 4.50. The lowest BCUT2D eigenvalue weighted by molar-refractivity contribution is 0.0696. The second-order valence-corrected chi connectivity index (χ2v) is 6.56. The monoisotopic (exact) mass is 294 g/mol. The van der Waals surface area contributed by atoms with E-state index in [-0.39, 0.29) is 5.56 Å². The standard InChI is InChI=1S/C14H14O3S2/c1-10-2-3-12(8-13(10)14(15)16)19(17)7-5-11-4-6-18-9-11/h2-4,6,8-9H,5,7H2,1H3,(H,15,16). The Balaban J connectivity index is 2.11. The van der Waals surface area contributed by atoms with Gasteiger partial charge in [-0.1, -0.05) is 6.07 Å². The van der Waals surface area contributed by atoms with Gasteiger partial charge in [-0.3, -0.25) is 4.21 Å². The maximum atomic E-state index is 12.1. The van der Waals surface area contributed by atoms with Gasteiger partial charge in [0.15, 0.2) is 0 Å². The molecule has 0 bridgehead atoms. The van der Waals surface area contributed by atoms with Crippen LogP contribution in [-0.2, 0) is 17.2 Å². The van der Waals surface area contributed by atoms with E-state index in [4.69, 9.17) is 5.11 Å². The average Bonchev–Trinajstić information content (AvgIpc) is 2.89. The highest BCUT2D eigenvalue weighted by molar-refractivity contribution is 7.85. The predicted molar refractivity (Wildman–Crippen MR) is 77.4 cm³/mol. The van der Waals surface area contributed by atoms with Crippen LogP contribution in [0.1, 0.15) is 21.5 Å². The summed E-state index contributed by atoms with van der Waals surface area (Å²) in [6.07, 6.45) is 0.742. The van der Waals surface area contributed by atoms with Gasteiger partial charge >= 0.3 is 5.97 Å². The van der Waals surface area contributed by atoms with E-state index in [0.717, 1.165) is 6.42 Å². The van der Waals surface area contributed by atoms with Crippen LogP contribution in [0.25, 0.3) is 0 Å². The molecule has 0 aliphatic heterocycles. The maximum Gasteiger partial charge on any atom is 0.335 e. The first-order chi connectivity index (χ1) is 9.08. The molecule has 1 unspecified atom stereocenters. The fourth-order valence-electron chi connectivity index (χ4n) is 1.74. The van der Waals surface area contributed by atoms with Gasteiger partial charge in [-0.2, -0.15) is 11.3 Å². The smallest absolute Gasteiger partial charge is 0.335 e. The molecule has 0 saturated heterocycles. The Morgan fingerprint density at radius 2 is 2.16 bits per heavy atom. The van der Waals surface area contributed by atoms with E-state index in [9.17, 15) is 9.00 Å². The molecular formula is C14H14O3S2. The molecule has 1 N–H and O–H groups in total. The van der Waals surface area contributed by atoms with Crippen molar-refractivity contribution in [1.82, 2.24) is 0 Å². The molecule has 0 aliphatic carbocycles. The summed E-state index contributed by atoms with van der Waals surface area (Å²) in [4.78, 5) is 11.6. The van der Waals surface area contributed by atoms with Gasteiger partial charge in [0.25, 0.3) is 0 Å². The number of aryl methyl sites for hydroxylation is 2. The minimum atomic E-state index is -1.16. The normalized spacial score (nSPS) is 12.3. The summed E-state index contributed by atoms with van der Waals surface area (Å²) in [6.45, 7) is 1.74. The van der Waals surface area contributed by atoms with Crippen molar-refractivity contribution in [2.45, 2.75) is 18.2 Å². The highest BCUT2D eigenvalue weighted by Crippen LogP contribution is 2.16. The lowest BCUT2D eigenvalue weighted by atomic mass is 10.1. The summed E-state index contributed by atoms with van der Waals surface area (Å²) in [6, 6.07) is 6.98. The van der Waals surface area contributed by atoms with E-state index >= 15 is 0 Å². The second-order valence-electron chi connectivity index (χ2n) is 4.21. The Labute approximate surface area is 118 Å². The van der Waals surface area contributed by atoms with E-state index in [1.807, 2.05) is 16.8 Å². The van der Waals surface area contributed by atoms with Crippen molar-refractivity contribution in [3.8, 4) is 0 Å². The van der Waals surface area contributed by atoms with Gasteiger partial charge in [0, 0.05) is 10.6 Å². The third-order valence-corrected chi connectivity index (χ3v) is 4.95. The van der Waals surface area contributed by atoms with Crippen LogP contribution in [0, 0.1) is 6.92 Å². The van der Waals surface area contributed by atoms with Crippen molar-refractivity contribution in [2.24, 2.45) is 0 Å².